The summed E-state index contributed by atoms with van der Waals surface area (Å²) in [5.41, 5.74) is 10.7. The fourth-order valence-electron chi connectivity index (χ4n) is 4.38. The molecule has 4 rings (SSSR count). The van der Waals surface area contributed by atoms with Crippen molar-refractivity contribution in [2.75, 3.05) is 27.4 Å². The van der Waals surface area contributed by atoms with Gasteiger partial charge in [0, 0.05) is 35.9 Å². The van der Waals surface area contributed by atoms with E-state index < -0.39 is 0 Å². The molecule has 0 spiro atoms. The number of benzene rings is 1. The minimum atomic E-state index is 0.0883. The van der Waals surface area contributed by atoms with E-state index in [1.165, 1.54) is 5.56 Å². The highest BCUT2D eigenvalue weighted by atomic mass is 35.5. The summed E-state index contributed by atoms with van der Waals surface area (Å²) in [7, 11) is 3.18. The molecule has 1 aliphatic carbocycles. The molecule has 1 aromatic heterocycles. The van der Waals surface area contributed by atoms with E-state index in [0.29, 0.717) is 28.2 Å². The second-order valence-electron chi connectivity index (χ2n) is 7.46. The Morgan fingerprint density at radius 1 is 1.18 bits per heavy atom. The van der Waals surface area contributed by atoms with Crippen LogP contribution in [0.1, 0.15) is 47.2 Å². The molecule has 3 atom stereocenters. The fourth-order valence-corrected chi connectivity index (χ4v) is 5.19. The third-order valence-electron chi connectivity index (χ3n) is 5.95. The molecular weight excluding hydrogens is 401 g/mol. The molecule has 0 saturated carbocycles. The van der Waals surface area contributed by atoms with Gasteiger partial charge in [-0.3, -0.25) is 5.10 Å². The summed E-state index contributed by atoms with van der Waals surface area (Å²) in [4.78, 5) is 0. The molecule has 0 amide bonds. The number of rotatable bonds is 4. The third kappa shape index (κ3) is 3.36. The second-order valence-corrected chi connectivity index (χ2v) is 8.22. The normalized spacial score (nSPS) is 24.7. The van der Waals surface area contributed by atoms with Crippen LogP contribution >= 0.6 is 23.2 Å². The van der Waals surface area contributed by atoms with Crippen LogP contribution < -0.4 is 15.2 Å². The van der Waals surface area contributed by atoms with E-state index in [4.69, 9.17) is 43.1 Å². The van der Waals surface area contributed by atoms with Crippen LogP contribution in [0.4, 0.5) is 0 Å². The SMILES string of the molecule is COc1cc(OC)c(Cl)c([C@H]2CCc3c(C4COCCC4N)n[nH]c3C2)c1Cl. The molecule has 0 bridgehead atoms. The summed E-state index contributed by atoms with van der Waals surface area (Å²) in [6, 6.07) is 1.81. The zero-order chi connectivity index (χ0) is 19.8. The summed E-state index contributed by atoms with van der Waals surface area (Å²) in [6.07, 6.45) is 3.45. The number of H-pyrrole nitrogens is 1. The predicted molar refractivity (Wildman–Crippen MR) is 109 cm³/mol. The van der Waals surface area contributed by atoms with Crippen LogP contribution in [0.15, 0.2) is 6.07 Å². The number of fused-ring (bicyclic) bond motifs is 1. The Kier molecular flexibility index (Phi) is 5.74. The van der Waals surface area contributed by atoms with Crippen molar-refractivity contribution in [3.8, 4) is 11.5 Å². The molecule has 1 fully saturated rings. The fraction of sp³-hybridized carbons (Fsp3) is 0.550. The highest BCUT2D eigenvalue weighted by molar-refractivity contribution is 6.38. The first-order valence-corrected chi connectivity index (χ1v) is 10.3. The van der Waals surface area contributed by atoms with Gasteiger partial charge in [0.2, 0.25) is 0 Å². The third-order valence-corrected chi connectivity index (χ3v) is 6.73. The van der Waals surface area contributed by atoms with Gasteiger partial charge < -0.3 is 19.9 Å². The van der Waals surface area contributed by atoms with Gasteiger partial charge in [-0.2, -0.15) is 5.10 Å². The van der Waals surface area contributed by atoms with Crippen molar-refractivity contribution in [1.82, 2.24) is 10.2 Å². The number of hydrogen-bond acceptors (Lipinski definition) is 5. The van der Waals surface area contributed by atoms with Crippen LogP contribution in [0.25, 0.3) is 0 Å². The van der Waals surface area contributed by atoms with Gasteiger partial charge in [-0.25, -0.2) is 0 Å². The minimum absolute atomic E-state index is 0.0883. The quantitative estimate of drug-likeness (QED) is 0.777. The van der Waals surface area contributed by atoms with Crippen molar-refractivity contribution in [3.05, 3.63) is 38.6 Å². The molecule has 2 unspecified atom stereocenters. The minimum Gasteiger partial charge on any atom is -0.495 e. The van der Waals surface area contributed by atoms with E-state index in [0.717, 1.165) is 49.2 Å². The Bertz CT molecular complexity index is 843. The molecule has 2 heterocycles. The molecule has 1 aliphatic heterocycles. The van der Waals surface area contributed by atoms with Crippen LogP contribution in [-0.2, 0) is 17.6 Å². The highest BCUT2D eigenvalue weighted by Gasteiger charge is 2.34. The highest BCUT2D eigenvalue weighted by Crippen LogP contribution is 2.47. The number of aromatic nitrogens is 2. The van der Waals surface area contributed by atoms with Gasteiger partial charge in [0.1, 0.15) is 11.5 Å². The maximum absolute atomic E-state index is 6.63. The zero-order valence-corrected chi connectivity index (χ0v) is 17.6. The molecule has 28 heavy (non-hydrogen) atoms. The van der Waals surface area contributed by atoms with E-state index in [2.05, 4.69) is 10.2 Å². The van der Waals surface area contributed by atoms with Crippen LogP contribution in [0.3, 0.4) is 0 Å². The first-order chi connectivity index (χ1) is 13.5. The zero-order valence-electron chi connectivity index (χ0n) is 16.1. The topological polar surface area (TPSA) is 82.4 Å². The summed E-state index contributed by atoms with van der Waals surface area (Å²) >= 11 is 13.3. The van der Waals surface area contributed by atoms with Crippen molar-refractivity contribution in [2.24, 2.45) is 5.73 Å². The number of nitrogens with zero attached hydrogens (tertiary/aromatic N) is 1. The lowest BCUT2D eigenvalue weighted by Crippen LogP contribution is -2.37. The van der Waals surface area contributed by atoms with Crippen LogP contribution in [-0.4, -0.2) is 43.7 Å². The van der Waals surface area contributed by atoms with E-state index in [9.17, 15) is 0 Å². The number of hydrogen-bond donors (Lipinski definition) is 2. The van der Waals surface area contributed by atoms with Crippen LogP contribution in [0.2, 0.25) is 10.0 Å². The molecule has 0 radical (unpaired) electrons. The van der Waals surface area contributed by atoms with Crippen molar-refractivity contribution in [3.63, 3.8) is 0 Å². The molecule has 2 aliphatic rings. The molecule has 3 N–H and O–H groups in total. The maximum Gasteiger partial charge on any atom is 0.141 e. The second kappa shape index (κ2) is 8.11. The van der Waals surface area contributed by atoms with E-state index in [1.54, 1.807) is 20.3 Å². The molecule has 8 heteroatoms. The first-order valence-electron chi connectivity index (χ1n) is 9.54. The van der Waals surface area contributed by atoms with Gasteiger partial charge in [0.25, 0.3) is 0 Å². The summed E-state index contributed by atoms with van der Waals surface area (Å²) in [5.74, 6) is 1.44. The predicted octanol–water partition coefficient (Wildman–Crippen LogP) is 3.84. The molecule has 1 saturated heterocycles. The molecule has 2 aromatic rings. The summed E-state index contributed by atoms with van der Waals surface area (Å²) < 4.78 is 16.5. The lowest BCUT2D eigenvalue weighted by atomic mass is 9.80. The smallest absolute Gasteiger partial charge is 0.141 e. The Labute approximate surface area is 174 Å². The number of halogens is 2. The van der Waals surface area contributed by atoms with E-state index >= 15 is 0 Å². The molecule has 6 nitrogen and oxygen atoms in total. The Morgan fingerprint density at radius 2 is 1.89 bits per heavy atom. The average molecular weight is 426 g/mol. The number of aromatic amines is 1. The van der Waals surface area contributed by atoms with E-state index in [1.807, 2.05) is 0 Å². The van der Waals surface area contributed by atoms with Crippen LogP contribution in [0.5, 0.6) is 11.5 Å². The maximum atomic E-state index is 6.63. The summed E-state index contributed by atoms with van der Waals surface area (Å²) in [5, 5.41) is 8.93. The number of methoxy groups -OCH3 is 2. The van der Waals surface area contributed by atoms with Gasteiger partial charge in [-0.1, -0.05) is 23.2 Å². The Balaban J connectivity index is 1.66. The number of nitrogens with two attached hydrogens (primary N) is 1. The van der Waals surface area contributed by atoms with Crippen molar-refractivity contribution in [2.45, 2.75) is 43.6 Å². The van der Waals surface area contributed by atoms with Gasteiger partial charge >= 0.3 is 0 Å². The average Bonchev–Trinajstić information content (AvgIpc) is 3.12. The molecule has 1 aromatic carbocycles. The van der Waals surface area contributed by atoms with E-state index in [-0.39, 0.29) is 17.9 Å². The Morgan fingerprint density at radius 3 is 2.54 bits per heavy atom. The monoisotopic (exact) mass is 425 g/mol. The lowest BCUT2D eigenvalue weighted by Gasteiger charge is -2.30. The van der Waals surface area contributed by atoms with Crippen molar-refractivity contribution in [1.29, 1.82) is 0 Å². The van der Waals surface area contributed by atoms with Crippen molar-refractivity contribution < 1.29 is 14.2 Å². The molecular formula is C20H25Cl2N3O3. The van der Waals surface area contributed by atoms with Gasteiger partial charge in [-0.15, -0.1) is 0 Å². The number of nitrogens with one attached hydrogen (secondary N) is 1. The Hall–Kier alpha value is -1.47. The lowest BCUT2D eigenvalue weighted by molar-refractivity contribution is 0.0676. The summed E-state index contributed by atoms with van der Waals surface area (Å²) in [6.45, 7) is 1.35. The number of ether oxygens (including phenoxy) is 3. The van der Waals surface area contributed by atoms with Gasteiger partial charge in [-0.05, 0) is 37.2 Å². The standard InChI is InChI=1S/C20H25Cl2N3O3/c1-26-15-8-16(27-2)19(22)17(18(15)21)10-3-4-11-14(7-10)24-25-20(11)12-9-28-6-5-13(12)23/h8,10,12-13H,3-7,9,23H2,1-2H3,(H,24,25)/t10-,12?,13?/m0/s1. The first kappa shape index (κ1) is 19.8. The van der Waals surface area contributed by atoms with Gasteiger partial charge in [0.05, 0.1) is 36.6 Å². The molecule has 152 valence electrons. The largest absolute Gasteiger partial charge is 0.495 e. The van der Waals surface area contributed by atoms with Gasteiger partial charge in [0.15, 0.2) is 0 Å². The van der Waals surface area contributed by atoms with Crippen LogP contribution in [0, 0.1) is 0 Å². The van der Waals surface area contributed by atoms with Crippen molar-refractivity contribution >= 4 is 23.2 Å².